The van der Waals surface area contributed by atoms with Crippen LogP contribution in [0.15, 0.2) is 17.3 Å². The van der Waals surface area contributed by atoms with Crippen LogP contribution in [0.25, 0.3) is 0 Å². The molecule has 0 aliphatic carbocycles. The van der Waals surface area contributed by atoms with Gasteiger partial charge < -0.3 is 0 Å². The number of rotatable bonds is 1. The smallest absolute Gasteiger partial charge is 0.155 e. The molecule has 0 fully saturated rings. The monoisotopic (exact) mass is 174 g/mol. The summed E-state index contributed by atoms with van der Waals surface area (Å²) < 4.78 is 0. The van der Waals surface area contributed by atoms with E-state index in [1.807, 2.05) is 6.20 Å². The maximum absolute atomic E-state index is 4.50. The number of fused-ring (bicyclic) bond motifs is 1. The molecule has 0 saturated heterocycles. The fourth-order valence-corrected chi connectivity index (χ4v) is 1.56. The van der Waals surface area contributed by atoms with E-state index in [0.29, 0.717) is 5.92 Å². The molecule has 0 saturated carbocycles. The summed E-state index contributed by atoms with van der Waals surface area (Å²) in [6, 6.07) is 2.18. The minimum Gasteiger partial charge on any atom is -0.237 e. The maximum atomic E-state index is 4.50. The van der Waals surface area contributed by atoms with Gasteiger partial charge in [0.15, 0.2) is 5.82 Å². The Balaban J connectivity index is 2.36. The lowest BCUT2D eigenvalue weighted by atomic mass is 10.0. The summed E-state index contributed by atoms with van der Waals surface area (Å²) in [5.74, 6) is 1.46. The van der Waals surface area contributed by atoms with Crippen LogP contribution < -0.4 is 0 Å². The van der Waals surface area contributed by atoms with Crippen molar-refractivity contribution in [1.29, 1.82) is 0 Å². The number of aliphatic imine (C=N–C) groups is 1. The lowest BCUT2D eigenvalue weighted by Gasteiger charge is -2.01. The molecule has 13 heavy (non-hydrogen) atoms. The van der Waals surface area contributed by atoms with Crippen molar-refractivity contribution in [2.24, 2.45) is 10.9 Å². The van der Waals surface area contributed by atoms with Crippen LogP contribution in [0.5, 0.6) is 0 Å². The van der Waals surface area contributed by atoms with Crippen molar-refractivity contribution in [3.05, 3.63) is 23.4 Å². The average molecular weight is 174 g/mol. The number of hydrogen-bond donors (Lipinski definition) is 0. The van der Waals surface area contributed by atoms with E-state index >= 15 is 0 Å². The van der Waals surface area contributed by atoms with Gasteiger partial charge in [-0.05, 0) is 18.4 Å². The third kappa shape index (κ3) is 1.48. The van der Waals surface area contributed by atoms with Crippen LogP contribution >= 0.6 is 0 Å². The Morgan fingerprint density at radius 2 is 2.15 bits per heavy atom. The normalized spacial score (nSPS) is 14.6. The van der Waals surface area contributed by atoms with E-state index < -0.39 is 0 Å². The predicted octanol–water partition coefficient (Wildman–Crippen LogP) is 2.67. The highest BCUT2D eigenvalue weighted by atomic mass is 14.9. The second-order valence-electron chi connectivity index (χ2n) is 3.93. The second kappa shape index (κ2) is 2.95. The first-order valence-corrected chi connectivity index (χ1v) is 4.70. The minimum atomic E-state index is 0.537. The Bertz CT molecular complexity index is 364. The summed E-state index contributed by atoms with van der Waals surface area (Å²) in [4.78, 5) is 8.80. The third-order valence-electron chi connectivity index (χ3n) is 2.37. The van der Waals surface area contributed by atoms with Crippen molar-refractivity contribution in [3.63, 3.8) is 0 Å². The summed E-state index contributed by atoms with van der Waals surface area (Å²) in [7, 11) is 0. The van der Waals surface area contributed by atoms with Crippen LogP contribution in [0.4, 0.5) is 5.82 Å². The van der Waals surface area contributed by atoms with Crippen LogP contribution in [0, 0.1) is 12.8 Å². The summed E-state index contributed by atoms with van der Waals surface area (Å²) in [5.41, 5.74) is 3.76. The maximum Gasteiger partial charge on any atom is 0.155 e. The van der Waals surface area contributed by atoms with Crippen molar-refractivity contribution in [1.82, 2.24) is 4.98 Å². The Morgan fingerprint density at radius 3 is 2.85 bits per heavy atom. The summed E-state index contributed by atoms with van der Waals surface area (Å²) in [5, 5.41) is 0. The van der Waals surface area contributed by atoms with Gasteiger partial charge in [-0.15, -0.1) is 0 Å². The Hall–Kier alpha value is -1.18. The van der Waals surface area contributed by atoms with Gasteiger partial charge >= 0.3 is 0 Å². The van der Waals surface area contributed by atoms with Crippen molar-refractivity contribution in [2.75, 3.05) is 0 Å². The zero-order valence-corrected chi connectivity index (χ0v) is 8.33. The van der Waals surface area contributed by atoms with Gasteiger partial charge in [0.1, 0.15) is 0 Å². The van der Waals surface area contributed by atoms with Crippen molar-refractivity contribution >= 4 is 11.5 Å². The van der Waals surface area contributed by atoms with Gasteiger partial charge in [-0.1, -0.05) is 19.9 Å². The molecule has 2 nitrogen and oxygen atoms in total. The lowest BCUT2D eigenvalue weighted by molar-refractivity contribution is 0.871. The first-order valence-electron chi connectivity index (χ1n) is 4.70. The quantitative estimate of drug-likeness (QED) is 0.642. The summed E-state index contributed by atoms with van der Waals surface area (Å²) >= 11 is 0. The van der Waals surface area contributed by atoms with Gasteiger partial charge in [-0.2, -0.15) is 0 Å². The average Bonchev–Trinajstić information content (AvgIpc) is 2.46. The van der Waals surface area contributed by atoms with Crippen molar-refractivity contribution in [2.45, 2.75) is 27.2 Å². The third-order valence-corrected chi connectivity index (χ3v) is 2.37. The molecule has 0 N–H and O–H groups in total. The number of aryl methyl sites for hydroxylation is 1. The van der Waals surface area contributed by atoms with E-state index in [4.69, 9.17) is 0 Å². The fraction of sp³-hybridized carbons (Fsp3) is 0.455. The molecule has 0 bridgehead atoms. The van der Waals surface area contributed by atoms with Crippen molar-refractivity contribution in [3.8, 4) is 0 Å². The zero-order chi connectivity index (χ0) is 9.42. The van der Waals surface area contributed by atoms with E-state index in [1.165, 1.54) is 16.8 Å². The largest absolute Gasteiger partial charge is 0.237 e. The van der Waals surface area contributed by atoms with Crippen molar-refractivity contribution < 1.29 is 0 Å². The summed E-state index contributed by atoms with van der Waals surface area (Å²) in [6.45, 7) is 6.43. The second-order valence-corrected chi connectivity index (χ2v) is 3.93. The topological polar surface area (TPSA) is 25.2 Å². The number of nitrogens with zero attached hydrogens (tertiary/aromatic N) is 2. The van der Waals surface area contributed by atoms with Crippen LogP contribution in [-0.2, 0) is 6.42 Å². The molecular weight excluding hydrogens is 160 g/mol. The van der Waals surface area contributed by atoms with Gasteiger partial charge in [0.05, 0.1) is 0 Å². The molecule has 0 unspecified atom stereocenters. The van der Waals surface area contributed by atoms with Crippen LogP contribution in [0.3, 0.4) is 0 Å². The van der Waals surface area contributed by atoms with E-state index in [9.17, 15) is 0 Å². The molecule has 0 radical (unpaired) electrons. The van der Waals surface area contributed by atoms with Gasteiger partial charge in [0.2, 0.25) is 0 Å². The van der Waals surface area contributed by atoms with E-state index in [1.54, 1.807) is 0 Å². The Labute approximate surface area is 78.7 Å². The molecule has 2 heteroatoms. The van der Waals surface area contributed by atoms with Gasteiger partial charge in [0, 0.05) is 23.9 Å². The molecule has 1 aromatic rings. The molecule has 0 amide bonds. The zero-order valence-electron chi connectivity index (χ0n) is 8.33. The molecule has 2 heterocycles. The molecule has 68 valence electrons. The molecular formula is C11H14N2. The highest BCUT2D eigenvalue weighted by Gasteiger charge is 2.17. The molecule has 0 spiro atoms. The number of hydrogen-bond acceptors (Lipinski definition) is 2. The predicted molar refractivity (Wildman–Crippen MR) is 54.6 cm³/mol. The molecule has 1 aliphatic heterocycles. The van der Waals surface area contributed by atoms with Crippen LogP contribution in [0.1, 0.15) is 25.0 Å². The van der Waals surface area contributed by atoms with Crippen LogP contribution in [-0.4, -0.2) is 10.7 Å². The fourth-order valence-electron chi connectivity index (χ4n) is 1.56. The summed E-state index contributed by atoms with van der Waals surface area (Å²) in [6.07, 6.45) is 2.87. The molecule has 0 atom stereocenters. The van der Waals surface area contributed by atoms with Gasteiger partial charge in [0.25, 0.3) is 0 Å². The minimum absolute atomic E-state index is 0.537. The van der Waals surface area contributed by atoms with Gasteiger partial charge in [-0.3, -0.25) is 0 Å². The van der Waals surface area contributed by atoms with Gasteiger partial charge in [-0.25, -0.2) is 9.98 Å². The number of pyridine rings is 1. The Kier molecular flexibility index (Phi) is 1.91. The number of aromatic nitrogens is 1. The van der Waals surface area contributed by atoms with E-state index in [2.05, 4.69) is 36.8 Å². The highest BCUT2D eigenvalue weighted by Crippen LogP contribution is 2.26. The SMILES string of the molecule is Cc1cnc2c(c1)CC(C(C)C)=N2. The standard InChI is InChI=1S/C11H14N2/c1-7(2)10-5-9-4-8(3)6-12-11(9)13-10/h4,6-7H,5H2,1-3H3. The lowest BCUT2D eigenvalue weighted by Crippen LogP contribution is -2.06. The molecule has 0 aromatic carbocycles. The highest BCUT2D eigenvalue weighted by molar-refractivity contribution is 5.94. The van der Waals surface area contributed by atoms with E-state index in [0.717, 1.165) is 12.2 Å². The molecule has 1 aromatic heterocycles. The Morgan fingerprint density at radius 1 is 1.38 bits per heavy atom. The first kappa shape index (κ1) is 8.42. The van der Waals surface area contributed by atoms with Crippen LogP contribution in [0.2, 0.25) is 0 Å². The molecule has 1 aliphatic rings. The molecule has 2 rings (SSSR count). The van der Waals surface area contributed by atoms with E-state index in [-0.39, 0.29) is 0 Å². The first-order chi connectivity index (χ1) is 6.16.